The summed E-state index contributed by atoms with van der Waals surface area (Å²) in [5, 5.41) is 10.0. The van der Waals surface area contributed by atoms with Gasteiger partial charge in [0.15, 0.2) is 0 Å². The van der Waals surface area contributed by atoms with Gasteiger partial charge in [-0.1, -0.05) is 30.3 Å². The monoisotopic (exact) mass is 392 g/mol. The quantitative estimate of drug-likeness (QED) is 0.733. The van der Waals surface area contributed by atoms with Crippen molar-refractivity contribution >= 4 is 21.9 Å². The van der Waals surface area contributed by atoms with Crippen molar-refractivity contribution in [3.05, 3.63) is 63.6 Å². The number of ether oxygens (including phenoxy) is 3. The summed E-state index contributed by atoms with van der Waals surface area (Å²) < 4.78 is 16.9. The van der Waals surface area contributed by atoms with E-state index in [1.165, 1.54) is 0 Å². The van der Waals surface area contributed by atoms with E-state index < -0.39 is 6.10 Å². The van der Waals surface area contributed by atoms with E-state index in [0.717, 1.165) is 10.0 Å². The number of esters is 1. The zero-order chi connectivity index (χ0) is 16.9. The molecule has 2 aromatic rings. The number of aliphatic hydroxyl groups excluding tert-OH is 1. The number of rotatable bonds is 7. The number of aliphatic hydroxyl groups is 1. The topological polar surface area (TPSA) is 65.0 Å². The van der Waals surface area contributed by atoms with Gasteiger partial charge in [0.2, 0.25) is 0 Å². The van der Waals surface area contributed by atoms with Crippen LogP contribution in [0.25, 0.3) is 0 Å². The SMILES string of the molecule is O=C1OCc2c1ccc(Br)c2OC[C@H](O)COCc1ccccc1. The minimum absolute atomic E-state index is 0.0675. The molecular formula is C18H17BrO5. The van der Waals surface area contributed by atoms with Crippen molar-refractivity contribution in [1.29, 1.82) is 0 Å². The van der Waals surface area contributed by atoms with Crippen LogP contribution in [-0.2, 0) is 22.7 Å². The molecule has 24 heavy (non-hydrogen) atoms. The summed E-state index contributed by atoms with van der Waals surface area (Å²) in [4.78, 5) is 11.6. The van der Waals surface area contributed by atoms with E-state index in [1.54, 1.807) is 12.1 Å². The van der Waals surface area contributed by atoms with E-state index in [1.807, 2.05) is 30.3 Å². The molecule has 1 atom stereocenters. The maximum absolute atomic E-state index is 11.6. The van der Waals surface area contributed by atoms with E-state index in [2.05, 4.69) is 15.9 Å². The van der Waals surface area contributed by atoms with Crippen molar-refractivity contribution in [2.45, 2.75) is 19.3 Å². The Morgan fingerprint density at radius 3 is 2.75 bits per heavy atom. The first-order chi connectivity index (χ1) is 11.6. The standard InChI is InChI=1S/C18H17BrO5/c19-16-7-6-14-15(11-24-18(14)21)17(16)23-10-13(20)9-22-8-12-4-2-1-3-5-12/h1-7,13,20H,8-11H2/t13-/m1/s1. The summed E-state index contributed by atoms with van der Waals surface area (Å²) in [6.07, 6.45) is -0.769. The lowest BCUT2D eigenvalue weighted by Crippen LogP contribution is -2.23. The van der Waals surface area contributed by atoms with E-state index in [9.17, 15) is 9.90 Å². The smallest absolute Gasteiger partial charge is 0.339 e. The largest absolute Gasteiger partial charge is 0.489 e. The number of halogens is 1. The molecule has 1 aliphatic heterocycles. The lowest BCUT2D eigenvalue weighted by atomic mass is 10.1. The van der Waals surface area contributed by atoms with Crippen molar-refractivity contribution in [2.24, 2.45) is 0 Å². The molecule has 0 spiro atoms. The molecule has 1 heterocycles. The summed E-state index contributed by atoms with van der Waals surface area (Å²) in [5.74, 6) is 0.176. The number of carbonyl (C=O) groups is 1. The molecule has 0 aromatic heterocycles. The van der Waals surface area contributed by atoms with Gasteiger partial charge in [-0.3, -0.25) is 0 Å². The van der Waals surface area contributed by atoms with Crippen LogP contribution in [0.15, 0.2) is 46.9 Å². The van der Waals surface area contributed by atoms with E-state index in [0.29, 0.717) is 23.5 Å². The fraction of sp³-hybridized carbons (Fsp3) is 0.278. The molecule has 3 rings (SSSR count). The van der Waals surface area contributed by atoms with Gasteiger partial charge in [0.1, 0.15) is 25.1 Å². The van der Waals surface area contributed by atoms with Gasteiger partial charge < -0.3 is 19.3 Å². The Balaban J connectivity index is 1.52. The lowest BCUT2D eigenvalue weighted by Gasteiger charge is -2.15. The second-order valence-electron chi connectivity index (χ2n) is 5.44. The van der Waals surface area contributed by atoms with E-state index >= 15 is 0 Å². The summed E-state index contributed by atoms with van der Waals surface area (Å²) in [7, 11) is 0. The Morgan fingerprint density at radius 2 is 1.96 bits per heavy atom. The molecule has 6 heteroatoms. The lowest BCUT2D eigenvalue weighted by molar-refractivity contribution is 0.00503. The predicted molar refractivity (Wildman–Crippen MR) is 90.9 cm³/mol. The zero-order valence-electron chi connectivity index (χ0n) is 12.9. The van der Waals surface area contributed by atoms with Crippen molar-refractivity contribution in [1.82, 2.24) is 0 Å². The van der Waals surface area contributed by atoms with E-state index in [4.69, 9.17) is 14.2 Å². The molecule has 2 aromatic carbocycles. The molecule has 0 amide bonds. The Morgan fingerprint density at radius 1 is 1.17 bits per heavy atom. The normalized spacial score (nSPS) is 14.2. The summed E-state index contributed by atoms with van der Waals surface area (Å²) in [5.41, 5.74) is 2.25. The van der Waals surface area contributed by atoms with Crippen LogP contribution in [0, 0.1) is 0 Å². The second kappa shape index (κ2) is 7.79. The Bertz CT molecular complexity index is 717. The first-order valence-electron chi connectivity index (χ1n) is 7.56. The number of hydrogen-bond donors (Lipinski definition) is 1. The van der Waals surface area contributed by atoms with E-state index in [-0.39, 0.29) is 25.8 Å². The second-order valence-corrected chi connectivity index (χ2v) is 6.30. The fourth-order valence-corrected chi connectivity index (χ4v) is 2.91. The first-order valence-corrected chi connectivity index (χ1v) is 8.35. The Labute approximate surface area is 148 Å². The van der Waals surface area contributed by atoms with Crippen molar-refractivity contribution in [3.63, 3.8) is 0 Å². The highest BCUT2D eigenvalue weighted by molar-refractivity contribution is 9.10. The average Bonchev–Trinajstić information content (AvgIpc) is 2.96. The van der Waals surface area contributed by atoms with Crippen LogP contribution in [-0.4, -0.2) is 30.4 Å². The molecule has 5 nitrogen and oxygen atoms in total. The molecule has 1 aliphatic rings. The highest BCUT2D eigenvalue weighted by Crippen LogP contribution is 2.35. The van der Waals surface area contributed by atoms with Gasteiger partial charge in [0.25, 0.3) is 0 Å². The molecule has 0 unspecified atom stereocenters. The molecule has 0 aliphatic carbocycles. The minimum atomic E-state index is -0.769. The van der Waals surface area contributed by atoms with Crippen LogP contribution in [0.5, 0.6) is 5.75 Å². The molecule has 0 bridgehead atoms. The number of hydrogen-bond acceptors (Lipinski definition) is 5. The maximum atomic E-state index is 11.6. The van der Waals surface area contributed by atoms with Crippen LogP contribution >= 0.6 is 15.9 Å². The van der Waals surface area contributed by atoms with Crippen LogP contribution in [0.3, 0.4) is 0 Å². The minimum Gasteiger partial charge on any atom is -0.489 e. The summed E-state index contributed by atoms with van der Waals surface area (Å²) in [6.45, 7) is 0.850. The van der Waals surface area contributed by atoms with Gasteiger partial charge in [-0.15, -0.1) is 0 Å². The molecule has 0 fully saturated rings. The van der Waals surface area contributed by atoms with Gasteiger partial charge in [-0.25, -0.2) is 4.79 Å². The predicted octanol–water partition coefficient (Wildman–Crippen LogP) is 3.08. The molecule has 0 radical (unpaired) electrons. The van der Waals surface area contributed by atoms with Crippen molar-refractivity contribution in [2.75, 3.05) is 13.2 Å². The third-order valence-corrected chi connectivity index (χ3v) is 4.25. The average molecular weight is 393 g/mol. The van der Waals surface area contributed by atoms with Gasteiger partial charge in [0.05, 0.1) is 23.2 Å². The van der Waals surface area contributed by atoms with Crippen molar-refractivity contribution < 1.29 is 24.1 Å². The number of cyclic esters (lactones) is 1. The van der Waals surface area contributed by atoms with Gasteiger partial charge in [-0.2, -0.15) is 0 Å². The Kier molecular flexibility index (Phi) is 5.50. The van der Waals surface area contributed by atoms with Crippen LogP contribution in [0.2, 0.25) is 0 Å². The number of carbonyl (C=O) groups excluding carboxylic acids is 1. The first kappa shape index (κ1) is 17.0. The van der Waals surface area contributed by atoms with Crippen molar-refractivity contribution in [3.8, 4) is 5.75 Å². The van der Waals surface area contributed by atoms with Crippen LogP contribution in [0.1, 0.15) is 21.5 Å². The van der Waals surface area contributed by atoms with Gasteiger partial charge >= 0.3 is 5.97 Å². The third-order valence-electron chi connectivity index (χ3n) is 3.62. The fourth-order valence-electron chi connectivity index (χ4n) is 2.42. The summed E-state index contributed by atoms with van der Waals surface area (Å²) >= 11 is 3.40. The molecule has 1 N–H and O–H groups in total. The maximum Gasteiger partial charge on any atom is 0.339 e. The zero-order valence-corrected chi connectivity index (χ0v) is 14.5. The number of benzene rings is 2. The molecule has 0 saturated heterocycles. The molecule has 0 saturated carbocycles. The van der Waals surface area contributed by atoms with Gasteiger partial charge in [-0.05, 0) is 33.6 Å². The summed E-state index contributed by atoms with van der Waals surface area (Å²) in [6, 6.07) is 13.2. The number of fused-ring (bicyclic) bond motifs is 1. The van der Waals surface area contributed by atoms with Crippen LogP contribution < -0.4 is 4.74 Å². The third kappa shape index (κ3) is 3.95. The highest BCUT2D eigenvalue weighted by Gasteiger charge is 2.26. The van der Waals surface area contributed by atoms with Gasteiger partial charge in [0, 0.05) is 5.56 Å². The highest BCUT2D eigenvalue weighted by atomic mass is 79.9. The Hall–Kier alpha value is -1.89. The molecular weight excluding hydrogens is 376 g/mol. The molecule has 126 valence electrons. The van der Waals surface area contributed by atoms with Crippen LogP contribution in [0.4, 0.5) is 0 Å².